The number of aliphatic hydroxyl groups is 1. The van der Waals surface area contributed by atoms with E-state index in [0.29, 0.717) is 12.6 Å². The van der Waals surface area contributed by atoms with Gasteiger partial charge in [-0.2, -0.15) is 5.10 Å². The van der Waals surface area contributed by atoms with Gasteiger partial charge in [0.25, 0.3) is 0 Å². The van der Waals surface area contributed by atoms with E-state index < -0.39 is 0 Å². The summed E-state index contributed by atoms with van der Waals surface area (Å²) in [5.74, 6) is 0. The minimum atomic E-state index is -0.278. The lowest BCUT2D eigenvalue weighted by atomic mass is 10.1. The van der Waals surface area contributed by atoms with Gasteiger partial charge in [-0.15, -0.1) is 0 Å². The predicted molar refractivity (Wildman–Crippen MR) is 93.2 cm³/mol. The van der Waals surface area contributed by atoms with Gasteiger partial charge in [0.1, 0.15) is 0 Å². The number of aliphatic hydroxyl groups excluding tert-OH is 1. The van der Waals surface area contributed by atoms with E-state index in [4.69, 9.17) is 5.10 Å². The lowest BCUT2D eigenvalue weighted by molar-refractivity contribution is 0.167. The molecule has 0 radical (unpaired) electrons. The lowest BCUT2D eigenvalue weighted by Crippen LogP contribution is -2.25. The molecule has 2 aromatic rings. The van der Waals surface area contributed by atoms with E-state index in [2.05, 4.69) is 40.3 Å². The molecule has 1 aromatic carbocycles. The van der Waals surface area contributed by atoms with Crippen molar-refractivity contribution in [3.63, 3.8) is 0 Å². The van der Waals surface area contributed by atoms with Crippen molar-refractivity contribution in [3.05, 3.63) is 42.1 Å². The van der Waals surface area contributed by atoms with Crippen molar-refractivity contribution in [3.8, 4) is 11.3 Å². The van der Waals surface area contributed by atoms with Crippen molar-refractivity contribution in [2.75, 3.05) is 6.54 Å². The van der Waals surface area contributed by atoms with Crippen LogP contribution in [0.25, 0.3) is 11.3 Å². The van der Waals surface area contributed by atoms with Crippen LogP contribution < -0.4 is 5.32 Å². The van der Waals surface area contributed by atoms with Gasteiger partial charge in [0.15, 0.2) is 0 Å². The normalized spacial score (nSPS) is 16.8. The van der Waals surface area contributed by atoms with E-state index in [1.165, 1.54) is 42.5 Å². The average Bonchev–Trinajstić information content (AvgIpc) is 3.24. The molecule has 0 aliphatic heterocycles. The summed E-state index contributed by atoms with van der Waals surface area (Å²) in [7, 11) is 0. The molecule has 1 fully saturated rings. The first-order valence-electron chi connectivity index (χ1n) is 8.80. The molecule has 0 bridgehead atoms. The van der Waals surface area contributed by atoms with E-state index in [0.717, 1.165) is 13.0 Å². The molecule has 1 aromatic heterocycles. The fraction of sp³-hybridized carbons (Fsp3) is 0.526. The Balaban J connectivity index is 1.84. The summed E-state index contributed by atoms with van der Waals surface area (Å²) >= 11 is 0. The Bertz CT molecular complexity index is 602. The van der Waals surface area contributed by atoms with Crippen LogP contribution in [0.5, 0.6) is 0 Å². The summed E-state index contributed by atoms with van der Waals surface area (Å²) in [4.78, 5) is 0. The van der Waals surface area contributed by atoms with Crippen LogP contribution in [-0.4, -0.2) is 27.5 Å². The average molecular weight is 313 g/mol. The molecule has 1 saturated carbocycles. The Morgan fingerprint density at radius 2 is 2.00 bits per heavy atom. The van der Waals surface area contributed by atoms with E-state index in [-0.39, 0.29) is 6.10 Å². The zero-order chi connectivity index (χ0) is 16.1. The molecule has 1 aliphatic rings. The zero-order valence-electron chi connectivity index (χ0n) is 13.9. The van der Waals surface area contributed by atoms with Crippen LogP contribution in [0.15, 0.2) is 36.5 Å². The molecule has 1 unspecified atom stereocenters. The molecule has 0 spiro atoms. The second-order valence-electron chi connectivity index (χ2n) is 6.46. The molecule has 4 heteroatoms. The van der Waals surface area contributed by atoms with Crippen LogP contribution >= 0.6 is 0 Å². The van der Waals surface area contributed by atoms with Gasteiger partial charge in [0.2, 0.25) is 0 Å². The van der Waals surface area contributed by atoms with Crippen molar-refractivity contribution in [1.82, 2.24) is 15.1 Å². The maximum absolute atomic E-state index is 9.72. The summed E-state index contributed by atoms with van der Waals surface area (Å²) in [6, 6.07) is 11.1. The smallest absolute Gasteiger partial charge is 0.0730 e. The third-order valence-electron chi connectivity index (χ3n) is 4.76. The predicted octanol–water partition coefficient (Wildman–Crippen LogP) is 3.53. The first-order chi connectivity index (χ1) is 11.3. The number of hydrogen-bond donors (Lipinski definition) is 2. The SMILES string of the molecule is CCC(O)CNCc1cnn(C2CCCC2)c1-c1ccccc1. The number of hydrogen-bond acceptors (Lipinski definition) is 3. The van der Waals surface area contributed by atoms with Gasteiger partial charge in [-0.1, -0.05) is 50.1 Å². The van der Waals surface area contributed by atoms with Gasteiger partial charge in [-0.05, 0) is 19.3 Å². The molecule has 0 saturated heterocycles. The highest BCUT2D eigenvalue weighted by Gasteiger charge is 2.22. The summed E-state index contributed by atoms with van der Waals surface area (Å²) in [5, 5.41) is 17.8. The highest BCUT2D eigenvalue weighted by atomic mass is 16.3. The maximum Gasteiger partial charge on any atom is 0.0730 e. The van der Waals surface area contributed by atoms with Crippen LogP contribution in [0.1, 0.15) is 50.6 Å². The van der Waals surface area contributed by atoms with Crippen LogP contribution in [-0.2, 0) is 6.54 Å². The quantitative estimate of drug-likeness (QED) is 0.822. The molecular weight excluding hydrogens is 286 g/mol. The molecule has 0 amide bonds. The minimum absolute atomic E-state index is 0.278. The first-order valence-corrected chi connectivity index (χ1v) is 8.80. The van der Waals surface area contributed by atoms with Crippen molar-refractivity contribution in [2.45, 2.75) is 57.7 Å². The van der Waals surface area contributed by atoms with Gasteiger partial charge >= 0.3 is 0 Å². The fourth-order valence-corrected chi connectivity index (χ4v) is 3.38. The monoisotopic (exact) mass is 313 g/mol. The Morgan fingerprint density at radius 3 is 2.70 bits per heavy atom. The van der Waals surface area contributed by atoms with Gasteiger partial charge < -0.3 is 10.4 Å². The topological polar surface area (TPSA) is 50.1 Å². The second-order valence-corrected chi connectivity index (χ2v) is 6.46. The standard InChI is InChI=1S/C19H27N3O/c1-2-18(23)14-20-12-16-13-21-22(17-10-6-7-11-17)19(16)15-8-4-3-5-9-15/h3-5,8-9,13,17-18,20,23H,2,6-7,10-12,14H2,1H3. The molecule has 1 aliphatic carbocycles. The van der Waals surface area contributed by atoms with Crippen LogP contribution in [0, 0.1) is 0 Å². The highest BCUT2D eigenvalue weighted by Crippen LogP contribution is 2.34. The number of aromatic nitrogens is 2. The largest absolute Gasteiger partial charge is 0.392 e. The number of nitrogens with zero attached hydrogens (tertiary/aromatic N) is 2. The molecule has 124 valence electrons. The number of rotatable bonds is 7. The Morgan fingerprint density at radius 1 is 1.26 bits per heavy atom. The molecular formula is C19H27N3O. The van der Waals surface area contributed by atoms with Gasteiger partial charge in [0, 0.05) is 24.2 Å². The molecule has 1 atom stereocenters. The summed E-state index contributed by atoms with van der Waals surface area (Å²) in [6.07, 6.45) is 7.54. The van der Waals surface area contributed by atoms with Crippen molar-refractivity contribution < 1.29 is 5.11 Å². The number of benzene rings is 1. The zero-order valence-corrected chi connectivity index (χ0v) is 13.9. The van der Waals surface area contributed by atoms with Crippen molar-refractivity contribution in [2.24, 2.45) is 0 Å². The summed E-state index contributed by atoms with van der Waals surface area (Å²) < 4.78 is 2.23. The van der Waals surface area contributed by atoms with E-state index in [9.17, 15) is 5.11 Å². The summed E-state index contributed by atoms with van der Waals surface area (Å²) in [5.41, 5.74) is 3.67. The van der Waals surface area contributed by atoms with Crippen LogP contribution in [0.4, 0.5) is 0 Å². The van der Waals surface area contributed by atoms with E-state index in [1.54, 1.807) is 0 Å². The van der Waals surface area contributed by atoms with Gasteiger partial charge in [-0.3, -0.25) is 4.68 Å². The van der Waals surface area contributed by atoms with Gasteiger partial charge in [0.05, 0.1) is 24.0 Å². The molecule has 2 N–H and O–H groups in total. The Kier molecular flexibility index (Phi) is 5.47. The second kappa shape index (κ2) is 7.75. The van der Waals surface area contributed by atoms with Crippen molar-refractivity contribution in [1.29, 1.82) is 0 Å². The van der Waals surface area contributed by atoms with Crippen LogP contribution in [0.2, 0.25) is 0 Å². The Labute approximate surface area is 138 Å². The van der Waals surface area contributed by atoms with E-state index >= 15 is 0 Å². The first kappa shape index (κ1) is 16.2. The molecule has 4 nitrogen and oxygen atoms in total. The minimum Gasteiger partial charge on any atom is -0.392 e. The lowest BCUT2D eigenvalue weighted by Gasteiger charge is -2.16. The molecule has 23 heavy (non-hydrogen) atoms. The van der Waals surface area contributed by atoms with Crippen LogP contribution in [0.3, 0.4) is 0 Å². The third kappa shape index (κ3) is 3.82. The molecule has 1 heterocycles. The van der Waals surface area contributed by atoms with Gasteiger partial charge in [-0.25, -0.2) is 0 Å². The maximum atomic E-state index is 9.72. The molecule has 3 rings (SSSR count). The number of nitrogens with one attached hydrogen (secondary N) is 1. The fourth-order valence-electron chi connectivity index (χ4n) is 3.38. The Hall–Kier alpha value is -1.65. The highest BCUT2D eigenvalue weighted by molar-refractivity contribution is 5.63. The summed E-state index contributed by atoms with van der Waals surface area (Å²) in [6.45, 7) is 3.37. The van der Waals surface area contributed by atoms with Crippen molar-refractivity contribution >= 4 is 0 Å². The third-order valence-corrected chi connectivity index (χ3v) is 4.76. The van der Waals surface area contributed by atoms with E-state index in [1.807, 2.05) is 13.1 Å².